The van der Waals surface area contributed by atoms with Gasteiger partial charge in [0.15, 0.2) is 0 Å². The molecule has 20 heavy (non-hydrogen) atoms. The zero-order valence-corrected chi connectivity index (χ0v) is 10.7. The number of hydrogen-bond donors (Lipinski definition) is 1. The zero-order chi connectivity index (χ0) is 14.1. The molecule has 2 aromatic heterocycles. The number of carboxylic acids is 1. The number of hydrogen-bond acceptors (Lipinski definition) is 5. The van der Waals surface area contributed by atoms with Crippen LogP contribution in [0.3, 0.4) is 0 Å². The molecule has 0 saturated carbocycles. The van der Waals surface area contributed by atoms with E-state index in [1.165, 1.54) is 29.5 Å². The van der Waals surface area contributed by atoms with Gasteiger partial charge in [-0.3, -0.25) is 0 Å². The molecule has 0 aliphatic heterocycles. The molecule has 3 aromatic rings. The molecule has 0 saturated heterocycles. The molecular weight excluding hydrogens is 283 g/mol. The van der Waals surface area contributed by atoms with Crippen molar-refractivity contribution in [3.05, 3.63) is 42.0 Å². The molecule has 0 spiro atoms. The predicted molar refractivity (Wildman–Crippen MR) is 71.7 cm³/mol. The van der Waals surface area contributed by atoms with Gasteiger partial charge in [-0.25, -0.2) is 9.18 Å². The van der Waals surface area contributed by atoms with Gasteiger partial charge in [0.2, 0.25) is 5.89 Å². The number of benzene rings is 1. The van der Waals surface area contributed by atoms with E-state index < -0.39 is 5.97 Å². The third-order valence-corrected chi connectivity index (χ3v) is 3.59. The van der Waals surface area contributed by atoms with Crippen molar-refractivity contribution in [2.45, 2.75) is 0 Å². The largest absolute Gasteiger partial charge is 0.478 e. The summed E-state index contributed by atoms with van der Waals surface area (Å²) in [6.07, 6.45) is 2.13. The molecule has 0 fully saturated rings. The molecule has 0 radical (unpaired) electrons. The molecule has 7 heteroatoms. The fourth-order valence-corrected chi connectivity index (χ4v) is 2.66. The number of fused-ring (bicyclic) bond motifs is 1. The smallest absolute Gasteiger partial charge is 0.328 e. The Balaban J connectivity index is 1.96. The van der Waals surface area contributed by atoms with E-state index in [1.807, 2.05) is 6.07 Å². The summed E-state index contributed by atoms with van der Waals surface area (Å²) in [5, 5.41) is 16.9. The number of aromatic nitrogens is 2. The van der Waals surface area contributed by atoms with Gasteiger partial charge in [-0.2, -0.15) is 0 Å². The third kappa shape index (κ3) is 2.43. The van der Waals surface area contributed by atoms with Crippen LogP contribution in [0.5, 0.6) is 0 Å². The molecule has 0 aliphatic rings. The Morgan fingerprint density at radius 1 is 1.35 bits per heavy atom. The van der Waals surface area contributed by atoms with Crippen LogP contribution in [0.25, 0.3) is 26.9 Å². The summed E-state index contributed by atoms with van der Waals surface area (Å²) >= 11 is 1.33. The first-order valence-corrected chi connectivity index (χ1v) is 6.37. The normalized spacial score (nSPS) is 11.4. The molecule has 0 unspecified atom stereocenters. The molecule has 0 aliphatic carbocycles. The molecule has 1 N–H and O–H groups in total. The summed E-state index contributed by atoms with van der Waals surface area (Å²) in [5.41, 5.74) is 0. The van der Waals surface area contributed by atoms with E-state index in [0.29, 0.717) is 4.88 Å². The van der Waals surface area contributed by atoms with Gasteiger partial charge < -0.3 is 9.52 Å². The van der Waals surface area contributed by atoms with Gasteiger partial charge in [0.05, 0.1) is 4.88 Å². The van der Waals surface area contributed by atoms with Crippen molar-refractivity contribution in [1.82, 2.24) is 10.2 Å². The van der Waals surface area contributed by atoms with E-state index in [4.69, 9.17) is 9.52 Å². The van der Waals surface area contributed by atoms with Crippen LogP contribution in [-0.2, 0) is 4.79 Å². The van der Waals surface area contributed by atoms with E-state index in [1.54, 1.807) is 6.07 Å². The summed E-state index contributed by atoms with van der Waals surface area (Å²) in [7, 11) is 0. The van der Waals surface area contributed by atoms with Crippen molar-refractivity contribution in [3.63, 3.8) is 0 Å². The highest BCUT2D eigenvalue weighted by Crippen LogP contribution is 2.33. The highest BCUT2D eigenvalue weighted by Gasteiger charge is 2.11. The Morgan fingerprint density at radius 3 is 3.00 bits per heavy atom. The number of carboxylic acid groups (broad SMARTS) is 1. The maximum Gasteiger partial charge on any atom is 0.328 e. The molecule has 2 heterocycles. The van der Waals surface area contributed by atoms with Crippen molar-refractivity contribution in [2.75, 3.05) is 0 Å². The first kappa shape index (κ1) is 12.5. The number of thiophene rings is 1. The van der Waals surface area contributed by atoms with Gasteiger partial charge in [0, 0.05) is 16.9 Å². The maximum absolute atomic E-state index is 13.1. The van der Waals surface area contributed by atoms with Crippen LogP contribution in [0.1, 0.15) is 5.89 Å². The van der Waals surface area contributed by atoms with Crippen LogP contribution in [0.4, 0.5) is 4.39 Å². The first-order chi connectivity index (χ1) is 9.61. The predicted octanol–water partition coefficient (Wildman–Crippen LogP) is 3.19. The molecule has 0 amide bonds. The Kier molecular flexibility index (Phi) is 3.03. The topological polar surface area (TPSA) is 76.2 Å². The quantitative estimate of drug-likeness (QED) is 0.750. The number of halogens is 1. The minimum Gasteiger partial charge on any atom is -0.478 e. The second-order valence-corrected chi connectivity index (χ2v) is 4.99. The third-order valence-electron chi connectivity index (χ3n) is 2.50. The number of aliphatic carboxylic acids is 1. The summed E-state index contributed by atoms with van der Waals surface area (Å²) in [6, 6.07) is 6.31. The molecular formula is C13H7FN2O3S. The lowest BCUT2D eigenvalue weighted by atomic mass is 10.2. The van der Waals surface area contributed by atoms with Gasteiger partial charge in [-0.05, 0) is 23.6 Å². The molecule has 100 valence electrons. The Bertz CT molecular complexity index is 822. The van der Waals surface area contributed by atoms with E-state index >= 15 is 0 Å². The lowest BCUT2D eigenvalue weighted by Gasteiger charge is -1.86. The van der Waals surface area contributed by atoms with Crippen molar-refractivity contribution in [3.8, 4) is 10.8 Å². The average molecular weight is 290 g/mol. The molecule has 0 atom stereocenters. The Morgan fingerprint density at radius 2 is 2.20 bits per heavy atom. The molecule has 5 nitrogen and oxygen atoms in total. The van der Waals surface area contributed by atoms with Crippen molar-refractivity contribution < 1.29 is 18.7 Å². The van der Waals surface area contributed by atoms with E-state index in [-0.39, 0.29) is 17.6 Å². The van der Waals surface area contributed by atoms with Crippen molar-refractivity contribution in [1.29, 1.82) is 0 Å². The van der Waals surface area contributed by atoms with Gasteiger partial charge in [0.1, 0.15) is 5.82 Å². The van der Waals surface area contributed by atoms with Gasteiger partial charge >= 0.3 is 5.97 Å². The van der Waals surface area contributed by atoms with Crippen LogP contribution in [0, 0.1) is 5.82 Å². The average Bonchev–Trinajstić information content (AvgIpc) is 3.01. The second kappa shape index (κ2) is 4.86. The van der Waals surface area contributed by atoms with Crippen LogP contribution in [0.15, 0.2) is 34.8 Å². The minimum atomic E-state index is -1.10. The van der Waals surface area contributed by atoms with Gasteiger partial charge in [-0.1, -0.05) is 6.07 Å². The second-order valence-electron chi connectivity index (χ2n) is 3.91. The fourth-order valence-electron chi connectivity index (χ4n) is 1.65. The zero-order valence-electron chi connectivity index (χ0n) is 9.91. The Hall–Kier alpha value is -2.54. The summed E-state index contributed by atoms with van der Waals surface area (Å²) in [5.74, 6) is -1.02. The van der Waals surface area contributed by atoms with Crippen LogP contribution in [-0.4, -0.2) is 21.3 Å². The van der Waals surface area contributed by atoms with Crippen molar-refractivity contribution in [2.24, 2.45) is 0 Å². The number of rotatable bonds is 3. The SMILES string of the molecule is O=C(O)/C=C/c1nnc(-c2cc3ccc(F)cc3s2)o1. The van der Waals surface area contributed by atoms with Crippen LogP contribution >= 0.6 is 11.3 Å². The van der Waals surface area contributed by atoms with Gasteiger partial charge in [0.25, 0.3) is 5.89 Å². The van der Waals surface area contributed by atoms with E-state index in [2.05, 4.69) is 10.2 Å². The summed E-state index contributed by atoms with van der Waals surface area (Å²) < 4.78 is 19.2. The van der Waals surface area contributed by atoms with E-state index in [0.717, 1.165) is 16.2 Å². The minimum absolute atomic E-state index is 0.103. The number of nitrogens with zero attached hydrogens (tertiary/aromatic N) is 2. The first-order valence-electron chi connectivity index (χ1n) is 5.56. The van der Waals surface area contributed by atoms with Crippen molar-refractivity contribution >= 4 is 33.5 Å². The van der Waals surface area contributed by atoms with Gasteiger partial charge in [-0.15, -0.1) is 21.5 Å². The summed E-state index contributed by atoms with van der Waals surface area (Å²) in [4.78, 5) is 11.1. The molecule has 0 bridgehead atoms. The van der Waals surface area contributed by atoms with Crippen LogP contribution < -0.4 is 0 Å². The fraction of sp³-hybridized carbons (Fsp3) is 0. The van der Waals surface area contributed by atoms with Crippen LogP contribution in [0.2, 0.25) is 0 Å². The highest BCUT2D eigenvalue weighted by molar-refractivity contribution is 7.22. The lowest BCUT2D eigenvalue weighted by molar-refractivity contribution is -0.131. The monoisotopic (exact) mass is 290 g/mol. The maximum atomic E-state index is 13.1. The highest BCUT2D eigenvalue weighted by atomic mass is 32.1. The molecule has 1 aromatic carbocycles. The standard InChI is InChI=1S/C13H7FN2O3S/c14-8-2-1-7-5-10(20-9(7)6-8)13-16-15-11(19-13)3-4-12(17)18/h1-6H,(H,17,18)/b4-3+. The Labute approximate surface area is 116 Å². The number of carbonyl (C=O) groups is 1. The van der Waals surface area contributed by atoms with E-state index in [9.17, 15) is 9.18 Å². The summed E-state index contributed by atoms with van der Waals surface area (Å²) in [6.45, 7) is 0. The molecule has 3 rings (SSSR count). The lowest BCUT2D eigenvalue weighted by Crippen LogP contribution is -1.85.